The summed E-state index contributed by atoms with van der Waals surface area (Å²) in [5, 5.41) is 23.9. The highest BCUT2D eigenvalue weighted by Crippen LogP contribution is 2.18. The summed E-state index contributed by atoms with van der Waals surface area (Å²) >= 11 is 0. The van der Waals surface area contributed by atoms with Gasteiger partial charge in [0, 0.05) is 6.42 Å². The highest BCUT2D eigenvalue weighted by atomic mass is 16.5. The molecule has 0 radical (unpaired) electrons. The van der Waals surface area contributed by atoms with Crippen LogP contribution >= 0.6 is 0 Å². The van der Waals surface area contributed by atoms with Crippen LogP contribution in [0, 0.1) is 0 Å². The summed E-state index contributed by atoms with van der Waals surface area (Å²) in [5.41, 5.74) is 0. The van der Waals surface area contributed by atoms with E-state index in [4.69, 9.17) is 4.74 Å². The summed E-state index contributed by atoms with van der Waals surface area (Å²) < 4.78 is 5.94. The maximum Gasteiger partial charge on any atom is 0.306 e. The summed E-state index contributed by atoms with van der Waals surface area (Å²) in [6.45, 7) is 6.35. The van der Waals surface area contributed by atoms with Crippen molar-refractivity contribution in [3.63, 3.8) is 0 Å². The van der Waals surface area contributed by atoms with Gasteiger partial charge in [0.1, 0.15) is 6.10 Å². The van der Waals surface area contributed by atoms with Gasteiger partial charge in [-0.25, -0.2) is 0 Å². The van der Waals surface area contributed by atoms with Gasteiger partial charge in [0.2, 0.25) is 5.91 Å². The molecule has 3 unspecified atom stereocenters. The first-order chi connectivity index (χ1) is 34.0. The number of allylic oxidation sites excluding steroid dienone is 14. The lowest BCUT2D eigenvalue weighted by atomic mass is 10.0. The second-order valence-corrected chi connectivity index (χ2v) is 19.8. The van der Waals surface area contributed by atoms with Gasteiger partial charge in [-0.2, -0.15) is 0 Å². The third-order valence-electron chi connectivity index (χ3n) is 13.1. The average Bonchev–Trinajstić information content (AvgIpc) is 3.34. The van der Waals surface area contributed by atoms with E-state index in [2.05, 4.69) is 62.5 Å². The van der Waals surface area contributed by atoms with Gasteiger partial charge < -0.3 is 20.3 Å². The van der Waals surface area contributed by atoms with Crippen LogP contribution in [0.2, 0.25) is 0 Å². The number of carbonyl (C=O) groups is 2. The second kappa shape index (κ2) is 56.0. The van der Waals surface area contributed by atoms with Crippen molar-refractivity contribution < 1.29 is 24.5 Å². The van der Waals surface area contributed by atoms with E-state index < -0.39 is 18.2 Å². The number of esters is 1. The Morgan fingerprint density at radius 1 is 0.435 bits per heavy atom. The van der Waals surface area contributed by atoms with Crippen LogP contribution in [0.3, 0.4) is 0 Å². The van der Waals surface area contributed by atoms with Crippen LogP contribution in [0.5, 0.6) is 0 Å². The predicted molar refractivity (Wildman–Crippen MR) is 301 cm³/mol. The molecule has 0 aliphatic rings. The molecule has 0 aromatic heterocycles. The van der Waals surface area contributed by atoms with Gasteiger partial charge in [0.15, 0.2) is 0 Å². The van der Waals surface area contributed by atoms with E-state index in [1.165, 1.54) is 148 Å². The Bertz CT molecular complexity index is 1310. The topological polar surface area (TPSA) is 95.9 Å². The van der Waals surface area contributed by atoms with Crippen molar-refractivity contribution in [3.05, 3.63) is 85.1 Å². The number of aliphatic hydroxyl groups is 2. The number of ether oxygens (including phenoxy) is 1. The number of hydrogen-bond donors (Lipinski definition) is 3. The molecule has 0 aromatic carbocycles. The molecule has 69 heavy (non-hydrogen) atoms. The van der Waals surface area contributed by atoms with Crippen molar-refractivity contribution in [1.29, 1.82) is 0 Å². The molecule has 0 saturated carbocycles. The number of hydrogen-bond acceptors (Lipinski definition) is 5. The van der Waals surface area contributed by atoms with Crippen molar-refractivity contribution in [2.75, 3.05) is 6.61 Å². The minimum Gasteiger partial charge on any atom is -0.462 e. The highest BCUT2D eigenvalue weighted by molar-refractivity contribution is 5.77. The van der Waals surface area contributed by atoms with Crippen LogP contribution in [0.15, 0.2) is 85.1 Å². The lowest BCUT2D eigenvalue weighted by molar-refractivity contribution is -0.151. The Morgan fingerprint density at radius 3 is 1.25 bits per heavy atom. The number of amides is 1. The molecule has 0 aliphatic carbocycles. The van der Waals surface area contributed by atoms with Gasteiger partial charge in [0.05, 0.1) is 25.2 Å². The molecule has 6 nitrogen and oxygen atoms in total. The largest absolute Gasteiger partial charge is 0.462 e. The summed E-state index contributed by atoms with van der Waals surface area (Å²) in [6, 6.07) is -0.721. The fraction of sp³-hybridized carbons (Fsp3) is 0.746. The van der Waals surface area contributed by atoms with E-state index in [1.54, 1.807) is 0 Å². The second-order valence-electron chi connectivity index (χ2n) is 19.8. The van der Waals surface area contributed by atoms with Crippen LogP contribution in [-0.2, 0) is 14.3 Å². The minimum absolute atomic E-state index is 0.0458. The monoisotopic (exact) mass is 962 g/mol. The highest BCUT2D eigenvalue weighted by Gasteiger charge is 2.24. The molecular weight excluding hydrogens is 851 g/mol. The molecule has 0 bridgehead atoms. The van der Waals surface area contributed by atoms with Crippen molar-refractivity contribution in [2.24, 2.45) is 0 Å². The Hall–Kier alpha value is -2.96. The van der Waals surface area contributed by atoms with Crippen molar-refractivity contribution in [1.82, 2.24) is 5.32 Å². The number of rotatable bonds is 52. The molecule has 3 atom stereocenters. The summed E-state index contributed by atoms with van der Waals surface area (Å²) in [4.78, 5) is 26.3. The minimum atomic E-state index is -0.805. The zero-order valence-corrected chi connectivity index (χ0v) is 45.4. The molecule has 0 fully saturated rings. The van der Waals surface area contributed by atoms with E-state index >= 15 is 0 Å². The lowest BCUT2D eigenvalue weighted by Crippen LogP contribution is -2.46. The zero-order chi connectivity index (χ0) is 50.2. The summed E-state index contributed by atoms with van der Waals surface area (Å²) in [7, 11) is 0. The Labute approximate surface area is 427 Å². The van der Waals surface area contributed by atoms with Crippen LogP contribution in [0.4, 0.5) is 0 Å². The summed E-state index contributed by atoms with van der Waals surface area (Å²) in [6.07, 6.45) is 73.6. The molecule has 0 saturated heterocycles. The Balaban J connectivity index is 4.65. The van der Waals surface area contributed by atoms with Gasteiger partial charge in [-0.3, -0.25) is 9.59 Å². The lowest BCUT2D eigenvalue weighted by Gasteiger charge is -2.24. The first-order valence-corrected chi connectivity index (χ1v) is 29.4. The summed E-state index contributed by atoms with van der Waals surface area (Å²) in [5.74, 6) is -0.537. The Morgan fingerprint density at radius 2 is 0.797 bits per heavy atom. The molecule has 0 aromatic rings. The number of unbranched alkanes of at least 4 members (excludes halogenated alkanes) is 31. The molecule has 0 aliphatic heterocycles. The number of nitrogens with one attached hydrogen (secondary N) is 1. The fourth-order valence-electron chi connectivity index (χ4n) is 8.69. The van der Waals surface area contributed by atoms with Crippen LogP contribution in [-0.4, -0.2) is 46.9 Å². The van der Waals surface area contributed by atoms with E-state index in [-0.39, 0.29) is 24.9 Å². The third kappa shape index (κ3) is 51.2. The first-order valence-electron chi connectivity index (χ1n) is 29.4. The molecule has 3 N–H and O–H groups in total. The van der Waals surface area contributed by atoms with Gasteiger partial charge in [-0.15, -0.1) is 0 Å². The maximum atomic E-state index is 13.3. The molecule has 0 rings (SSSR count). The van der Waals surface area contributed by atoms with E-state index in [0.717, 1.165) is 83.5 Å². The standard InChI is InChI=1S/C63H111NO5/c1-4-7-10-13-16-19-22-25-28-31-34-37-40-43-46-49-52-55-61(66)60(58-65)64-62(67)57-59(54-51-48-45-42-39-36-33-30-27-24-21-18-15-12-9-6-3)69-63(68)56-53-50-47-44-41-38-35-32-29-26-23-20-17-14-11-8-5-2/h8,11,14,17,20,23,26,29,32,35-36,38-39,41,59-61,65-66H,4-7,9-10,12-13,15-16,18-19,21-22,24-25,27-28,30-31,33-34,37,40,42-58H2,1-3H3,(H,64,67)/b11-8-,17-14+,23-20+,29-26-,35-32+,39-36+,41-38+. The van der Waals surface area contributed by atoms with Crippen molar-refractivity contribution in [3.8, 4) is 0 Å². The smallest absolute Gasteiger partial charge is 0.306 e. The fourth-order valence-corrected chi connectivity index (χ4v) is 8.69. The van der Waals surface area contributed by atoms with Crippen LogP contribution < -0.4 is 5.32 Å². The third-order valence-corrected chi connectivity index (χ3v) is 13.1. The number of carbonyl (C=O) groups excluding carboxylic acids is 2. The number of aliphatic hydroxyl groups excluding tert-OH is 2. The quantitative estimate of drug-likeness (QED) is 0.0244. The average molecular weight is 963 g/mol. The predicted octanol–water partition coefficient (Wildman–Crippen LogP) is 18.3. The molecule has 6 heteroatoms. The van der Waals surface area contributed by atoms with E-state index in [0.29, 0.717) is 19.3 Å². The van der Waals surface area contributed by atoms with Gasteiger partial charge in [-0.05, 0) is 70.6 Å². The van der Waals surface area contributed by atoms with Crippen LogP contribution in [0.1, 0.15) is 278 Å². The van der Waals surface area contributed by atoms with Crippen molar-refractivity contribution in [2.45, 2.75) is 296 Å². The first kappa shape index (κ1) is 66.0. The van der Waals surface area contributed by atoms with Crippen LogP contribution in [0.25, 0.3) is 0 Å². The van der Waals surface area contributed by atoms with E-state index in [9.17, 15) is 19.8 Å². The van der Waals surface area contributed by atoms with Crippen molar-refractivity contribution >= 4 is 11.9 Å². The van der Waals surface area contributed by atoms with Gasteiger partial charge in [-0.1, -0.05) is 279 Å². The zero-order valence-electron chi connectivity index (χ0n) is 45.4. The molecule has 0 heterocycles. The molecule has 0 spiro atoms. The molecular formula is C63H111NO5. The SMILES string of the molecule is CC\C=C/C=C/C=C/C=C\C=C\C=C\CCCCCC(=O)OC(CCCCC/C=C/CCCCCCCCCCC)CC(=O)NC(CO)C(O)CCCCCCCCCCCCCCCCCCC. The maximum absolute atomic E-state index is 13.3. The van der Waals surface area contributed by atoms with Gasteiger partial charge in [0.25, 0.3) is 0 Å². The van der Waals surface area contributed by atoms with Gasteiger partial charge >= 0.3 is 5.97 Å². The molecule has 1 amide bonds. The molecule has 398 valence electrons. The van der Waals surface area contributed by atoms with E-state index in [1.807, 2.05) is 48.6 Å². The normalized spacial score (nSPS) is 13.8. The Kier molecular flexibility index (Phi) is 53.6.